The van der Waals surface area contributed by atoms with E-state index in [0.29, 0.717) is 11.5 Å². The Hall–Kier alpha value is -1.52. The van der Waals surface area contributed by atoms with Crippen LogP contribution in [-0.4, -0.2) is 5.91 Å². The summed E-state index contributed by atoms with van der Waals surface area (Å²) in [5.41, 5.74) is -0.254. The van der Waals surface area contributed by atoms with Crippen molar-refractivity contribution in [2.24, 2.45) is 11.8 Å². The number of para-hydroxylation sites is 1. The van der Waals surface area contributed by atoms with E-state index in [2.05, 4.69) is 12.2 Å². The van der Waals surface area contributed by atoms with Crippen molar-refractivity contribution in [1.29, 1.82) is 0 Å². The lowest BCUT2D eigenvalue weighted by Crippen LogP contribution is -2.19. The van der Waals surface area contributed by atoms with E-state index in [1.807, 2.05) is 0 Å². The third kappa shape index (κ3) is 2.09. The Morgan fingerprint density at radius 1 is 1.25 bits per heavy atom. The molecule has 1 fully saturated rings. The second kappa shape index (κ2) is 4.50. The monoisotopic (exact) mass is 283 g/mol. The summed E-state index contributed by atoms with van der Waals surface area (Å²) in [7, 11) is 0. The first-order chi connectivity index (χ1) is 9.38. The minimum atomic E-state index is -4.43. The summed E-state index contributed by atoms with van der Waals surface area (Å²) in [6, 6.07) is 4.07. The molecule has 1 aliphatic carbocycles. The molecule has 2 aliphatic rings. The van der Waals surface area contributed by atoms with Crippen molar-refractivity contribution < 1.29 is 18.0 Å². The highest BCUT2D eigenvalue weighted by molar-refractivity contribution is 6.04. The van der Waals surface area contributed by atoms with Crippen molar-refractivity contribution in [2.45, 2.75) is 38.3 Å². The van der Waals surface area contributed by atoms with Gasteiger partial charge in [0.15, 0.2) is 0 Å². The fraction of sp³-hybridized carbons (Fsp3) is 0.533. The van der Waals surface area contributed by atoms with Crippen LogP contribution in [0.15, 0.2) is 18.2 Å². The lowest BCUT2D eigenvalue weighted by molar-refractivity contribution is -0.136. The molecule has 0 bridgehead atoms. The second-order valence-electron chi connectivity index (χ2n) is 5.91. The number of carbonyl (C=O) groups excluding carboxylic acids is 1. The van der Waals surface area contributed by atoms with E-state index < -0.39 is 17.7 Å². The third-order valence-electron chi connectivity index (χ3n) is 4.47. The Labute approximate surface area is 115 Å². The molecule has 0 radical (unpaired) electrons. The van der Waals surface area contributed by atoms with E-state index in [4.69, 9.17) is 0 Å². The maximum atomic E-state index is 13.0. The molecule has 3 rings (SSSR count). The summed E-state index contributed by atoms with van der Waals surface area (Å²) in [6.45, 7) is 2.12. The fourth-order valence-electron chi connectivity index (χ4n) is 3.57. The first-order valence-corrected chi connectivity index (χ1v) is 6.89. The van der Waals surface area contributed by atoms with Crippen LogP contribution in [0.5, 0.6) is 0 Å². The number of fused-ring (bicyclic) bond motifs is 1. The van der Waals surface area contributed by atoms with Crippen molar-refractivity contribution in [3.63, 3.8) is 0 Å². The number of halogens is 3. The number of hydrogen-bond acceptors (Lipinski definition) is 1. The van der Waals surface area contributed by atoms with Crippen molar-refractivity contribution in [3.05, 3.63) is 29.3 Å². The normalized spacial score (nSPS) is 29.4. The predicted molar refractivity (Wildman–Crippen MR) is 69.3 cm³/mol. The first-order valence-electron chi connectivity index (χ1n) is 6.89. The Kier molecular flexibility index (Phi) is 3.03. The summed E-state index contributed by atoms with van der Waals surface area (Å²) < 4.78 is 39.0. The highest BCUT2D eigenvalue weighted by Gasteiger charge is 2.44. The smallest absolute Gasteiger partial charge is 0.325 e. The third-order valence-corrected chi connectivity index (χ3v) is 4.47. The lowest BCUT2D eigenvalue weighted by Gasteiger charge is -2.17. The molecule has 3 atom stereocenters. The van der Waals surface area contributed by atoms with Gasteiger partial charge in [0, 0.05) is 0 Å². The molecular weight excluding hydrogens is 267 g/mol. The van der Waals surface area contributed by atoms with E-state index in [-0.39, 0.29) is 17.5 Å². The maximum absolute atomic E-state index is 13.0. The van der Waals surface area contributed by atoms with E-state index in [0.717, 1.165) is 25.3 Å². The van der Waals surface area contributed by atoms with Crippen molar-refractivity contribution in [2.75, 3.05) is 5.32 Å². The van der Waals surface area contributed by atoms with Crippen LogP contribution < -0.4 is 5.32 Å². The molecule has 1 amide bonds. The zero-order valence-corrected chi connectivity index (χ0v) is 11.1. The highest BCUT2D eigenvalue weighted by atomic mass is 19.4. The number of anilines is 1. The van der Waals surface area contributed by atoms with E-state index in [1.165, 1.54) is 6.07 Å². The Morgan fingerprint density at radius 2 is 2.00 bits per heavy atom. The first kappa shape index (κ1) is 13.5. The van der Waals surface area contributed by atoms with Crippen LogP contribution >= 0.6 is 0 Å². The Morgan fingerprint density at radius 3 is 2.60 bits per heavy atom. The summed E-state index contributed by atoms with van der Waals surface area (Å²) in [5, 5.41) is 2.46. The maximum Gasteiger partial charge on any atom is 0.418 e. The highest BCUT2D eigenvalue weighted by Crippen LogP contribution is 2.48. The van der Waals surface area contributed by atoms with Gasteiger partial charge in [-0.1, -0.05) is 25.5 Å². The molecule has 1 heterocycles. The number of carbonyl (C=O) groups is 1. The van der Waals surface area contributed by atoms with Crippen LogP contribution in [0.25, 0.3) is 0 Å². The molecule has 1 aromatic carbocycles. The number of hydrogen-bond donors (Lipinski definition) is 1. The minimum Gasteiger partial charge on any atom is -0.325 e. The van der Waals surface area contributed by atoms with Gasteiger partial charge in [0.05, 0.1) is 17.2 Å². The molecule has 0 spiro atoms. The predicted octanol–water partition coefficient (Wildman–Crippen LogP) is 4.18. The minimum absolute atomic E-state index is 0.0328. The van der Waals surface area contributed by atoms with Crippen molar-refractivity contribution in [1.82, 2.24) is 0 Å². The van der Waals surface area contributed by atoms with Crippen molar-refractivity contribution in [3.8, 4) is 0 Å². The molecule has 108 valence electrons. The van der Waals surface area contributed by atoms with Crippen LogP contribution in [0.1, 0.15) is 43.2 Å². The van der Waals surface area contributed by atoms with Crippen LogP contribution in [0.3, 0.4) is 0 Å². The molecule has 1 N–H and O–H groups in total. The van der Waals surface area contributed by atoms with Gasteiger partial charge in [0.25, 0.3) is 0 Å². The Bertz CT molecular complexity index is 553. The Balaban J connectivity index is 2.01. The quantitative estimate of drug-likeness (QED) is 0.823. The topological polar surface area (TPSA) is 29.1 Å². The fourth-order valence-corrected chi connectivity index (χ4v) is 3.57. The SMILES string of the molecule is CC1CCC(C2C(=O)Nc3c2cccc3C(F)(F)F)C1. The molecular formula is C15H16F3NO. The average molecular weight is 283 g/mol. The number of nitrogens with one attached hydrogen (secondary N) is 1. The summed E-state index contributed by atoms with van der Waals surface area (Å²) in [6.07, 6.45) is -1.57. The van der Waals surface area contributed by atoms with E-state index >= 15 is 0 Å². The number of alkyl halides is 3. The van der Waals surface area contributed by atoms with Crippen molar-refractivity contribution >= 4 is 11.6 Å². The summed E-state index contributed by atoms with van der Waals surface area (Å²) in [5.74, 6) is 0.00503. The zero-order valence-electron chi connectivity index (χ0n) is 11.1. The van der Waals surface area contributed by atoms with Crippen LogP contribution in [-0.2, 0) is 11.0 Å². The van der Waals surface area contributed by atoms with Gasteiger partial charge < -0.3 is 5.32 Å². The van der Waals surface area contributed by atoms with Gasteiger partial charge in [0.1, 0.15) is 0 Å². The largest absolute Gasteiger partial charge is 0.418 e. The van der Waals surface area contributed by atoms with Gasteiger partial charge in [-0.2, -0.15) is 13.2 Å². The molecule has 0 saturated heterocycles. The van der Waals surface area contributed by atoms with Gasteiger partial charge >= 0.3 is 6.18 Å². The molecule has 0 aromatic heterocycles. The van der Waals surface area contributed by atoms with Crippen LogP contribution in [0.4, 0.5) is 18.9 Å². The molecule has 20 heavy (non-hydrogen) atoms. The molecule has 2 nitrogen and oxygen atoms in total. The van der Waals surface area contributed by atoms with E-state index in [9.17, 15) is 18.0 Å². The molecule has 1 saturated carbocycles. The molecule has 5 heteroatoms. The molecule has 3 unspecified atom stereocenters. The number of amides is 1. The summed E-state index contributed by atoms with van der Waals surface area (Å²) >= 11 is 0. The van der Waals surface area contributed by atoms with Gasteiger partial charge in [-0.05, 0) is 36.3 Å². The summed E-state index contributed by atoms with van der Waals surface area (Å²) in [4.78, 5) is 12.1. The van der Waals surface area contributed by atoms with Gasteiger partial charge in [0.2, 0.25) is 5.91 Å². The molecule has 1 aliphatic heterocycles. The lowest BCUT2D eigenvalue weighted by atomic mass is 9.85. The van der Waals surface area contributed by atoms with E-state index in [1.54, 1.807) is 6.07 Å². The van der Waals surface area contributed by atoms with Crippen LogP contribution in [0.2, 0.25) is 0 Å². The van der Waals surface area contributed by atoms with Gasteiger partial charge in [-0.15, -0.1) is 0 Å². The average Bonchev–Trinajstić information content (AvgIpc) is 2.89. The zero-order chi connectivity index (χ0) is 14.5. The van der Waals surface area contributed by atoms with Crippen LogP contribution in [0, 0.1) is 11.8 Å². The standard InChI is InChI=1S/C15H16F3NO/c1-8-5-6-9(7-8)12-10-3-2-4-11(15(16,17)18)13(10)19-14(12)20/h2-4,8-9,12H,5-7H2,1H3,(H,19,20). The van der Waals surface area contributed by atoms with Gasteiger partial charge in [-0.25, -0.2) is 0 Å². The second-order valence-corrected chi connectivity index (χ2v) is 5.91. The number of rotatable bonds is 1. The molecule has 1 aromatic rings. The van der Waals surface area contributed by atoms with Gasteiger partial charge in [-0.3, -0.25) is 4.79 Å². The number of benzene rings is 1.